The normalized spacial score (nSPS) is 10.6. The van der Waals surface area contributed by atoms with Crippen molar-refractivity contribution in [2.45, 2.75) is 13.8 Å². The van der Waals surface area contributed by atoms with Crippen LogP contribution in [0.25, 0.3) is 0 Å². The van der Waals surface area contributed by atoms with Gasteiger partial charge in [0.2, 0.25) is 0 Å². The number of nitrogens with zero attached hydrogens (tertiary/aromatic N) is 1. The van der Waals surface area contributed by atoms with Crippen molar-refractivity contribution in [3.8, 4) is 5.75 Å². The molecule has 2 aromatic rings. The SMILES string of the molecule is CCN(CC)CCNC(=O)c1ccc(NC(=O)COc2ccccc2Cl)cc1. The number of carbonyl (C=O) groups excluding carboxylic acids is 2. The maximum Gasteiger partial charge on any atom is 0.262 e. The number of rotatable bonds is 10. The van der Waals surface area contributed by atoms with Gasteiger partial charge in [0, 0.05) is 24.3 Å². The van der Waals surface area contributed by atoms with Gasteiger partial charge >= 0.3 is 0 Å². The van der Waals surface area contributed by atoms with Gasteiger partial charge < -0.3 is 20.3 Å². The van der Waals surface area contributed by atoms with E-state index in [0.717, 1.165) is 19.6 Å². The van der Waals surface area contributed by atoms with Crippen LogP contribution in [0.15, 0.2) is 48.5 Å². The van der Waals surface area contributed by atoms with Crippen molar-refractivity contribution >= 4 is 29.1 Å². The third-order valence-corrected chi connectivity index (χ3v) is 4.55. The number of halogens is 1. The molecule has 0 spiro atoms. The summed E-state index contributed by atoms with van der Waals surface area (Å²) in [5.41, 5.74) is 1.14. The Hall–Kier alpha value is -2.57. The first-order valence-electron chi connectivity index (χ1n) is 9.31. The molecule has 0 bridgehead atoms. The highest BCUT2D eigenvalue weighted by atomic mass is 35.5. The highest BCUT2D eigenvalue weighted by Crippen LogP contribution is 2.22. The van der Waals surface area contributed by atoms with E-state index in [-0.39, 0.29) is 18.4 Å². The van der Waals surface area contributed by atoms with Crippen LogP contribution in [0, 0.1) is 0 Å². The number of hydrogen-bond acceptors (Lipinski definition) is 4. The smallest absolute Gasteiger partial charge is 0.262 e. The number of amides is 2. The molecule has 28 heavy (non-hydrogen) atoms. The molecule has 0 unspecified atom stereocenters. The average molecular weight is 404 g/mol. The fourth-order valence-electron chi connectivity index (χ4n) is 2.58. The number of nitrogens with one attached hydrogen (secondary N) is 2. The van der Waals surface area contributed by atoms with Gasteiger partial charge in [-0.25, -0.2) is 0 Å². The second-order valence-electron chi connectivity index (χ2n) is 6.13. The van der Waals surface area contributed by atoms with Crippen LogP contribution in [0.2, 0.25) is 5.02 Å². The van der Waals surface area contributed by atoms with Gasteiger partial charge in [-0.05, 0) is 49.5 Å². The first-order valence-corrected chi connectivity index (χ1v) is 9.69. The Morgan fingerprint density at radius 2 is 1.71 bits per heavy atom. The number of carbonyl (C=O) groups is 2. The number of hydrogen-bond donors (Lipinski definition) is 2. The van der Waals surface area contributed by atoms with E-state index < -0.39 is 0 Å². The third-order valence-electron chi connectivity index (χ3n) is 4.23. The Kier molecular flexibility index (Phi) is 8.78. The number of anilines is 1. The maximum absolute atomic E-state index is 12.2. The summed E-state index contributed by atoms with van der Waals surface area (Å²) in [6.07, 6.45) is 0. The lowest BCUT2D eigenvalue weighted by Crippen LogP contribution is -2.34. The Balaban J connectivity index is 1.79. The van der Waals surface area contributed by atoms with Crippen LogP contribution in [-0.2, 0) is 4.79 Å². The quantitative estimate of drug-likeness (QED) is 0.637. The van der Waals surface area contributed by atoms with Gasteiger partial charge in [-0.3, -0.25) is 9.59 Å². The zero-order chi connectivity index (χ0) is 20.4. The van der Waals surface area contributed by atoms with Gasteiger partial charge in [0.1, 0.15) is 5.75 Å². The second-order valence-corrected chi connectivity index (χ2v) is 6.53. The lowest BCUT2D eigenvalue weighted by atomic mass is 10.2. The molecule has 0 aliphatic carbocycles. The van der Waals surface area contributed by atoms with Gasteiger partial charge in [0.15, 0.2) is 6.61 Å². The van der Waals surface area contributed by atoms with E-state index in [1.54, 1.807) is 48.5 Å². The van der Waals surface area contributed by atoms with E-state index in [1.807, 2.05) is 0 Å². The number of likely N-dealkylation sites (N-methyl/N-ethyl adjacent to an activating group) is 1. The van der Waals surface area contributed by atoms with Gasteiger partial charge in [0.05, 0.1) is 5.02 Å². The molecule has 2 amide bonds. The molecule has 0 aliphatic heterocycles. The summed E-state index contributed by atoms with van der Waals surface area (Å²) in [6.45, 7) is 7.37. The Morgan fingerprint density at radius 1 is 1.04 bits per heavy atom. The van der Waals surface area contributed by atoms with Gasteiger partial charge in [0.25, 0.3) is 11.8 Å². The van der Waals surface area contributed by atoms with Crippen LogP contribution in [0.1, 0.15) is 24.2 Å². The van der Waals surface area contributed by atoms with E-state index in [0.29, 0.717) is 28.6 Å². The summed E-state index contributed by atoms with van der Waals surface area (Å²) in [5, 5.41) is 6.08. The first kappa shape index (κ1) is 21.7. The van der Waals surface area contributed by atoms with E-state index in [9.17, 15) is 9.59 Å². The number of benzene rings is 2. The van der Waals surface area contributed by atoms with Gasteiger partial charge in [-0.15, -0.1) is 0 Å². The van der Waals surface area contributed by atoms with Crippen LogP contribution in [0.3, 0.4) is 0 Å². The monoisotopic (exact) mass is 403 g/mol. The van der Waals surface area contributed by atoms with Crippen LogP contribution in [0.5, 0.6) is 5.75 Å². The number of para-hydroxylation sites is 1. The van der Waals surface area contributed by atoms with Gasteiger partial charge in [-0.2, -0.15) is 0 Å². The van der Waals surface area contributed by atoms with Gasteiger partial charge in [-0.1, -0.05) is 37.6 Å². The summed E-state index contributed by atoms with van der Waals surface area (Å²) in [5.74, 6) is 0.0134. The zero-order valence-corrected chi connectivity index (χ0v) is 17.0. The summed E-state index contributed by atoms with van der Waals surface area (Å²) in [7, 11) is 0. The summed E-state index contributed by atoms with van der Waals surface area (Å²) in [4.78, 5) is 26.4. The van der Waals surface area contributed by atoms with E-state index in [2.05, 4.69) is 29.4 Å². The van der Waals surface area contributed by atoms with Crippen LogP contribution in [0.4, 0.5) is 5.69 Å². The molecular weight excluding hydrogens is 378 g/mol. The predicted octanol–water partition coefficient (Wildman–Crippen LogP) is 3.43. The molecule has 7 heteroatoms. The minimum atomic E-state index is -0.309. The fraction of sp³-hybridized carbons (Fsp3) is 0.333. The molecule has 0 aromatic heterocycles. The maximum atomic E-state index is 12.2. The minimum Gasteiger partial charge on any atom is -0.482 e. The van der Waals surface area contributed by atoms with Crippen molar-refractivity contribution in [3.63, 3.8) is 0 Å². The highest BCUT2D eigenvalue weighted by Gasteiger charge is 2.08. The molecule has 0 radical (unpaired) electrons. The lowest BCUT2D eigenvalue weighted by Gasteiger charge is -2.18. The molecule has 2 aromatic carbocycles. The van der Waals surface area contributed by atoms with Crippen molar-refractivity contribution in [1.82, 2.24) is 10.2 Å². The van der Waals surface area contributed by atoms with Crippen molar-refractivity contribution in [3.05, 3.63) is 59.1 Å². The molecule has 150 valence electrons. The minimum absolute atomic E-state index is 0.132. The molecule has 0 saturated heterocycles. The molecule has 0 heterocycles. The van der Waals surface area contributed by atoms with E-state index >= 15 is 0 Å². The third kappa shape index (κ3) is 6.87. The summed E-state index contributed by atoms with van der Waals surface area (Å²) < 4.78 is 5.40. The van der Waals surface area contributed by atoms with Crippen LogP contribution in [-0.4, -0.2) is 49.5 Å². The Labute approximate surface area is 170 Å². The zero-order valence-electron chi connectivity index (χ0n) is 16.2. The lowest BCUT2D eigenvalue weighted by molar-refractivity contribution is -0.118. The fourth-order valence-corrected chi connectivity index (χ4v) is 2.77. The standard InChI is InChI=1S/C21H26ClN3O3/c1-3-25(4-2)14-13-23-21(27)16-9-11-17(12-10-16)24-20(26)15-28-19-8-6-5-7-18(19)22/h5-12H,3-4,13-15H2,1-2H3,(H,23,27)(H,24,26). The largest absolute Gasteiger partial charge is 0.482 e. The molecule has 0 aliphatic rings. The summed E-state index contributed by atoms with van der Waals surface area (Å²) >= 11 is 5.99. The topological polar surface area (TPSA) is 70.7 Å². The van der Waals surface area contributed by atoms with Crippen molar-refractivity contribution in [2.24, 2.45) is 0 Å². The van der Waals surface area contributed by atoms with Crippen LogP contribution >= 0.6 is 11.6 Å². The molecular formula is C21H26ClN3O3. The second kappa shape index (κ2) is 11.3. The van der Waals surface area contributed by atoms with Crippen molar-refractivity contribution in [1.29, 1.82) is 0 Å². The molecule has 0 fully saturated rings. The Morgan fingerprint density at radius 3 is 2.36 bits per heavy atom. The molecule has 2 N–H and O–H groups in total. The first-order chi connectivity index (χ1) is 13.5. The number of ether oxygens (including phenoxy) is 1. The predicted molar refractivity (Wildman–Crippen MR) is 112 cm³/mol. The Bertz CT molecular complexity index is 777. The van der Waals surface area contributed by atoms with E-state index in [1.165, 1.54) is 0 Å². The average Bonchev–Trinajstić information content (AvgIpc) is 2.71. The van der Waals surface area contributed by atoms with E-state index in [4.69, 9.17) is 16.3 Å². The molecule has 6 nitrogen and oxygen atoms in total. The van der Waals surface area contributed by atoms with Crippen molar-refractivity contribution in [2.75, 3.05) is 38.1 Å². The highest BCUT2D eigenvalue weighted by molar-refractivity contribution is 6.32. The van der Waals surface area contributed by atoms with Crippen LogP contribution < -0.4 is 15.4 Å². The molecule has 2 rings (SSSR count). The molecule has 0 saturated carbocycles. The molecule has 0 atom stereocenters. The van der Waals surface area contributed by atoms with Crippen molar-refractivity contribution < 1.29 is 14.3 Å². The summed E-state index contributed by atoms with van der Waals surface area (Å²) in [6, 6.07) is 13.7.